The number of hydrogen-bond donors (Lipinski definition) is 1. The Morgan fingerprint density at radius 2 is 2.00 bits per heavy atom. The van der Waals surface area contributed by atoms with E-state index in [9.17, 15) is 10.1 Å². The molecule has 1 N–H and O–H groups in total. The van der Waals surface area contributed by atoms with E-state index in [4.69, 9.17) is 0 Å². The smallest absolute Gasteiger partial charge is 0.292 e. The van der Waals surface area contributed by atoms with Crippen molar-refractivity contribution in [1.29, 1.82) is 0 Å². The van der Waals surface area contributed by atoms with Crippen molar-refractivity contribution in [3.8, 4) is 0 Å². The van der Waals surface area contributed by atoms with Gasteiger partial charge in [-0.2, -0.15) is 0 Å². The zero-order chi connectivity index (χ0) is 12.3. The van der Waals surface area contributed by atoms with Crippen molar-refractivity contribution in [3.05, 3.63) is 58.3 Å². The minimum atomic E-state index is -0.420. The molecule has 0 bridgehead atoms. The lowest BCUT2D eigenvalue weighted by Crippen LogP contribution is -1.98. The maximum atomic E-state index is 10.8. The molecule has 1 aromatic carbocycles. The van der Waals surface area contributed by atoms with Gasteiger partial charge in [-0.1, -0.05) is 18.2 Å². The summed E-state index contributed by atoms with van der Waals surface area (Å²) in [5.74, 6) is 0.588. The molecule has 0 fully saturated rings. The molecule has 0 spiro atoms. The molecule has 0 saturated heterocycles. The molecular weight excluding hydrogens is 218 g/mol. The zero-order valence-electron chi connectivity index (χ0n) is 9.25. The molecule has 0 aliphatic rings. The van der Waals surface area contributed by atoms with E-state index >= 15 is 0 Å². The third-order valence-electron chi connectivity index (χ3n) is 2.27. The lowest BCUT2D eigenvalue weighted by atomic mass is 10.2. The summed E-state index contributed by atoms with van der Waals surface area (Å²) in [4.78, 5) is 14.5. The molecule has 0 atom stereocenters. The van der Waals surface area contributed by atoms with Crippen molar-refractivity contribution >= 4 is 17.2 Å². The molecule has 0 saturated carbocycles. The monoisotopic (exact) mass is 229 g/mol. The fourth-order valence-electron chi connectivity index (χ4n) is 1.42. The van der Waals surface area contributed by atoms with Crippen LogP contribution in [-0.4, -0.2) is 9.91 Å². The lowest BCUT2D eigenvalue weighted by molar-refractivity contribution is -0.383. The summed E-state index contributed by atoms with van der Waals surface area (Å²) in [7, 11) is 0. The molecule has 5 nitrogen and oxygen atoms in total. The summed E-state index contributed by atoms with van der Waals surface area (Å²) >= 11 is 0. The Labute approximate surface area is 98.3 Å². The lowest BCUT2D eigenvalue weighted by Gasteiger charge is -2.05. The van der Waals surface area contributed by atoms with E-state index in [2.05, 4.69) is 10.3 Å². The molecule has 2 aromatic rings. The van der Waals surface area contributed by atoms with Crippen LogP contribution in [-0.2, 0) is 0 Å². The predicted octanol–water partition coefficient (Wildman–Crippen LogP) is 3.04. The van der Waals surface area contributed by atoms with Gasteiger partial charge in [0.15, 0.2) is 0 Å². The molecule has 5 heteroatoms. The van der Waals surface area contributed by atoms with Gasteiger partial charge in [0.25, 0.3) is 5.69 Å². The maximum absolute atomic E-state index is 10.8. The number of pyridine rings is 1. The second-order valence-electron chi connectivity index (χ2n) is 3.62. The van der Waals surface area contributed by atoms with Crippen LogP contribution >= 0.6 is 0 Å². The second kappa shape index (κ2) is 4.61. The van der Waals surface area contributed by atoms with Gasteiger partial charge in [0.1, 0.15) is 11.5 Å². The first-order chi connectivity index (χ1) is 8.16. The standard InChI is InChI=1S/C12H11N3O2/c1-9-6-7-12(13-8-9)14-10-4-2-3-5-11(10)15(16)17/h2-8H,1H3,(H,13,14). The highest BCUT2D eigenvalue weighted by Gasteiger charge is 2.12. The minimum absolute atomic E-state index is 0.0369. The number of aryl methyl sites for hydroxylation is 1. The summed E-state index contributed by atoms with van der Waals surface area (Å²) in [6.45, 7) is 1.93. The molecular formula is C12H11N3O2. The van der Waals surface area contributed by atoms with Crippen LogP contribution in [0.15, 0.2) is 42.6 Å². The molecule has 2 rings (SSSR count). The van der Waals surface area contributed by atoms with Crippen molar-refractivity contribution in [1.82, 2.24) is 4.98 Å². The molecule has 0 radical (unpaired) electrons. The number of hydrogen-bond acceptors (Lipinski definition) is 4. The summed E-state index contributed by atoms with van der Waals surface area (Å²) < 4.78 is 0. The van der Waals surface area contributed by atoms with Crippen molar-refractivity contribution in [2.24, 2.45) is 0 Å². The van der Waals surface area contributed by atoms with E-state index in [1.54, 1.807) is 30.5 Å². The number of benzene rings is 1. The molecule has 1 heterocycles. The van der Waals surface area contributed by atoms with Gasteiger partial charge in [0.2, 0.25) is 0 Å². The number of para-hydroxylation sites is 2. The van der Waals surface area contributed by atoms with Gasteiger partial charge in [-0.05, 0) is 24.6 Å². The van der Waals surface area contributed by atoms with E-state index in [-0.39, 0.29) is 5.69 Å². The van der Waals surface area contributed by atoms with E-state index < -0.39 is 4.92 Å². The SMILES string of the molecule is Cc1ccc(Nc2ccccc2[N+](=O)[O-])nc1. The first kappa shape index (κ1) is 11.1. The van der Waals surface area contributed by atoms with Crippen LogP contribution < -0.4 is 5.32 Å². The van der Waals surface area contributed by atoms with Gasteiger partial charge in [-0.3, -0.25) is 10.1 Å². The van der Waals surface area contributed by atoms with Gasteiger partial charge in [0.05, 0.1) is 4.92 Å². The third kappa shape index (κ3) is 2.57. The summed E-state index contributed by atoms with van der Waals surface area (Å²) in [6.07, 6.45) is 1.71. The summed E-state index contributed by atoms with van der Waals surface area (Å²) in [5, 5.41) is 13.7. The first-order valence-electron chi connectivity index (χ1n) is 5.10. The molecule has 0 unspecified atom stereocenters. The number of nitrogens with zero attached hydrogens (tertiary/aromatic N) is 2. The average Bonchev–Trinajstić information content (AvgIpc) is 2.32. The molecule has 0 aliphatic carbocycles. The Hall–Kier alpha value is -2.43. The fourth-order valence-corrected chi connectivity index (χ4v) is 1.42. The fraction of sp³-hybridized carbons (Fsp3) is 0.0833. The van der Waals surface area contributed by atoms with E-state index in [1.807, 2.05) is 13.0 Å². The highest BCUT2D eigenvalue weighted by Crippen LogP contribution is 2.25. The van der Waals surface area contributed by atoms with Gasteiger partial charge < -0.3 is 5.32 Å². The summed E-state index contributed by atoms with van der Waals surface area (Å²) in [6, 6.07) is 10.2. The van der Waals surface area contributed by atoms with Crippen LogP contribution in [0.4, 0.5) is 17.2 Å². The Morgan fingerprint density at radius 1 is 1.24 bits per heavy atom. The number of nitrogens with one attached hydrogen (secondary N) is 1. The molecule has 86 valence electrons. The van der Waals surface area contributed by atoms with Gasteiger partial charge in [-0.15, -0.1) is 0 Å². The topological polar surface area (TPSA) is 68.1 Å². The van der Waals surface area contributed by atoms with Crippen molar-refractivity contribution in [2.45, 2.75) is 6.92 Å². The number of anilines is 2. The summed E-state index contributed by atoms with van der Waals surface area (Å²) in [5.41, 5.74) is 1.52. The van der Waals surface area contributed by atoms with Crippen molar-refractivity contribution < 1.29 is 4.92 Å². The second-order valence-corrected chi connectivity index (χ2v) is 3.62. The van der Waals surface area contributed by atoms with Crippen LogP contribution in [0.1, 0.15) is 5.56 Å². The van der Waals surface area contributed by atoms with Crippen LogP contribution in [0, 0.1) is 17.0 Å². The van der Waals surface area contributed by atoms with Crippen LogP contribution in [0.2, 0.25) is 0 Å². The molecule has 0 aliphatic heterocycles. The third-order valence-corrected chi connectivity index (χ3v) is 2.27. The van der Waals surface area contributed by atoms with Gasteiger partial charge >= 0.3 is 0 Å². The Balaban J connectivity index is 2.30. The number of rotatable bonds is 3. The Bertz CT molecular complexity index is 538. The number of nitro benzene ring substituents is 1. The largest absolute Gasteiger partial charge is 0.335 e. The predicted molar refractivity (Wildman–Crippen MR) is 65.4 cm³/mol. The molecule has 0 amide bonds. The maximum Gasteiger partial charge on any atom is 0.292 e. The molecule has 17 heavy (non-hydrogen) atoms. The number of nitro groups is 1. The quantitative estimate of drug-likeness (QED) is 0.648. The van der Waals surface area contributed by atoms with Crippen LogP contribution in [0.5, 0.6) is 0 Å². The van der Waals surface area contributed by atoms with E-state index in [0.717, 1.165) is 5.56 Å². The minimum Gasteiger partial charge on any atom is -0.335 e. The van der Waals surface area contributed by atoms with Crippen LogP contribution in [0.3, 0.4) is 0 Å². The molecule has 1 aromatic heterocycles. The van der Waals surface area contributed by atoms with E-state index in [0.29, 0.717) is 11.5 Å². The van der Waals surface area contributed by atoms with Crippen LogP contribution in [0.25, 0.3) is 0 Å². The normalized spacial score (nSPS) is 9.94. The Morgan fingerprint density at radius 3 is 2.65 bits per heavy atom. The van der Waals surface area contributed by atoms with Gasteiger partial charge in [0, 0.05) is 12.3 Å². The highest BCUT2D eigenvalue weighted by molar-refractivity contribution is 5.67. The van der Waals surface area contributed by atoms with Crippen molar-refractivity contribution in [2.75, 3.05) is 5.32 Å². The first-order valence-corrected chi connectivity index (χ1v) is 5.10. The Kier molecular flexibility index (Phi) is 3.00. The zero-order valence-corrected chi connectivity index (χ0v) is 9.25. The number of aromatic nitrogens is 1. The average molecular weight is 229 g/mol. The van der Waals surface area contributed by atoms with Crippen molar-refractivity contribution in [3.63, 3.8) is 0 Å². The van der Waals surface area contributed by atoms with Gasteiger partial charge in [-0.25, -0.2) is 4.98 Å². The van der Waals surface area contributed by atoms with E-state index in [1.165, 1.54) is 6.07 Å². The highest BCUT2D eigenvalue weighted by atomic mass is 16.6.